The van der Waals surface area contributed by atoms with E-state index in [0.29, 0.717) is 6.54 Å². The van der Waals surface area contributed by atoms with Crippen LogP contribution in [0.25, 0.3) is 0 Å². The second-order valence-electron chi connectivity index (χ2n) is 5.53. The van der Waals surface area contributed by atoms with Gasteiger partial charge in [0, 0.05) is 25.3 Å². The van der Waals surface area contributed by atoms with Crippen molar-refractivity contribution < 1.29 is 22.7 Å². The molecule has 25 heavy (non-hydrogen) atoms. The predicted molar refractivity (Wildman–Crippen MR) is 93.7 cm³/mol. The van der Waals surface area contributed by atoms with Crippen LogP contribution in [0.15, 0.2) is 29.2 Å². The first-order valence-corrected chi connectivity index (χ1v) is 9.44. The molecule has 0 spiro atoms. The van der Waals surface area contributed by atoms with Gasteiger partial charge in [0.05, 0.1) is 18.0 Å². The Bertz CT molecular complexity index is 674. The molecule has 0 aromatic heterocycles. The molecule has 0 aliphatic carbocycles. The van der Waals surface area contributed by atoms with Gasteiger partial charge in [-0.1, -0.05) is 6.92 Å². The van der Waals surface area contributed by atoms with Gasteiger partial charge in [-0.25, -0.2) is 13.1 Å². The molecule has 1 atom stereocenters. The van der Waals surface area contributed by atoms with Crippen LogP contribution in [-0.2, 0) is 19.6 Å². The monoisotopic (exact) mass is 371 g/mol. The zero-order chi connectivity index (χ0) is 18.9. The number of ether oxygens (including phenoxy) is 1. The molecule has 0 fully saturated rings. The summed E-state index contributed by atoms with van der Waals surface area (Å²) in [6.45, 7) is 4.29. The summed E-state index contributed by atoms with van der Waals surface area (Å²) in [4.78, 5) is 23.5. The average molecular weight is 371 g/mol. The normalized spacial score (nSPS) is 12.4. The van der Waals surface area contributed by atoms with Crippen LogP contribution < -0.4 is 15.4 Å². The number of hydrogen-bond acceptors (Lipinski definition) is 5. The number of carbonyl (C=O) groups excluding carboxylic acids is 2. The highest BCUT2D eigenvalue weighted by atomic mass is 32.2. The number of nitrogens with one attached hydrogen (secondary N) is 3. The van der Waals surface area contributed by atoms with Gasteiger partial charge in [-0.05, 0) is 37.6 Å². The Balaban J connectivity index is 2.66. The highest BCUT2D eigenvalue weighted by Crippen LogP contribution is 2.11. The van der Waals surface area contributed by atoms with Crippen molar-refractivity contribution in [3.63, 3.8) is 0 Å². The van der Waals surface area contributed by atoms with Gasteiger partial charge >= 0.3 is 0 Å². The molecule has 0 bridgehead atoms. The van der Waals surface area contributed by atoms with E-state index in [1.54, 1.807) is 6.92 Å². The van der Waals surface area contributed by atoms with Crippen molar-refractivity contribution in [2.24, 2.45) is 0 Å². The van der Waals surface area contributed by atoms with Crippen molar-refractivity contribution in [2.75, 3.05) is 26.8 Å². The minimum atomic E-state index is -3.69. The van der Waals surface area contributed by atoms with E-state index in [2.05, 4.69) is 15.4 Å². The molecule has 0 aliphatic rings. The van der Waals surface area contributed by atoms with Crippen LogP contribution >= 0.6 is 0 Å². The zero-order valence-corrected chi connectivity index (χ0v) is 15.5. The smallest absolute Gasteiger partial charge is 0.251 e. The molecule has 0 unspecified atom stereocenters. The molecule has 1 aromatic rings. The molecular weight excluding hydrogens is 346 g/mol. The van der Waals surface area contributed by atoms with Crippen LogP contribution in [0.3, 0.4) is 0 Å². The first kappa shape index (κ1) is 21.1. The topological polar surface area (TPSA) is 114 Å². The maximum atomic E-state index is 12.2. The number of rotatable bonds is 10. The molecule has 9 heteroatoms. The third kappa shape index (κ3) is 7.20. The van der Waals surface area contributed by atoms with Gasteiger partial charge in [0.2, 0.25) is 15.9 Å². The lowest BCUT2D eigenvalue weighted by Gasteiger charge is -2.13. The Kier molecular flexibility index (Phi) is 8.53. The number of benzene rings is 1. The second-order valence-corrected chi connectivity index (χ2v) is 7.25. The first-order valence-electron chi connectivity index (χ1n) is 7.96. The molecule has 1 rings (SSSR count). The summed E-state index contributed by atoms with van der Waals surface area (Å²) in [6, 6.07) is 5.10. The minimum absolute atomic E-state index is 0.0488. The molecule has 0 heterocycles. The molecule has 0 aliphatic heterocycles. The van der Waals surface area contributed by atoms with E-state index in [1.165, 1.54) is 31.4 Å². The quantitative estimate of drug-likeness (QED) is 0.546. The lowest BCUT2D eigenvalue weighted by molar-refractivity contribution is -0.120. The van der Waals surface area contributed by atoms with Gasteiger partial charge in [-0.3, -0.25) is 9.59 Å². The van der Waals surface area contributed by atoms with E-state index in [1.807, 2.05) is 6.92 Å². The molecule has 2 amide bonds. The largest absolute Gasteiger partial charge is 0.383 e. The summed E-state index contributed by atoms with van der Waals surface area (Å²) in [5, 5.41) is 5.13. The van der Waals surface area contributed by atoms with Crippen molar-refractivity contribution in [3.8, 4) is 0 Å². The second kappa shape index (κ2) is 10.1. The van der Waals surface area contributed by atoms with Crippen molar-refractivity contribution in [1.82, 2.24) is 15.4 Å². The molecular formula is C16H25N3O5S. The van der Waals surface area contributed by atoms with E-state index in [-0.39, 0.29) is 35.6 Å². The number of sulfonamides is 1. The third-order valence-corrected chi connectivity index (χ3v) is 4.79. The lowest BCUT2D eigenvalue weighted by atomic mass is 10.2. The van der Waals surface area contributed by atoms with E-state index in [9.17, 15) is 18.0 Å². The third-order valence-electron chi connectivity index (χ3n) is 3.18. The van der Waals surface area contributed by atoms with Crippen LogP contribution in [-0.4, -0.2) is 53.1 Å². The van der Waals surface area contributed by atoms with E-state index >= 15 is 0 Å². The molecule has 140 valence electrons. The molecule has 0 radical (unpaired) electrons. The Morgan fingerprint density at radius 1 is 1.16 bits per heavy atom. The first-order chi connectivity index (χ1) is 11.8. The standard InChI is InChI=1S/C16H25N3O5S/c1-4-9-17-15(20)10-18-16(21)13-5-7-14(8-6-13)25(22,23)19-12(2)11-24-3/h5-8,12,19H,4,9-11H2,1-3H3,(H,17,20)(H,18,21)/t12-/m0/s1. The van der Waals surface area contributed by atoms with Crippen molar-refractivity contribution >= 4 is 21.8 Å². The predicted octanol–water partition coefficient (Wildman–Crippen LogP) is 0.256. The fraction of sp³-hybridized carbons (Fsp3) is 0.500. The van der Waals surface area contributed by atoms with Crippen LogP contribution in [0.4, 0.5) is 0 Å². The van der Waals surface area contributed by atoms with Crippen LogP contribution in [0.5, 0.6) is 0 Å². The fourth-order valence-electron chi connectivity index (χ4n) is 1.99. The summed E-state index contributed by atoms with van der Waals surface area (Å²) in [6.07, 6.45) is 0.812. The Morgan fingerprint density at radius 3 is 2.36 bits per heavy atom. The SMILES string of the molecule is CCCNC(=O)CNC(=O)c1ccc(S(=O)(=O)N[C@@H](C)COC)cc1. The molecule has 0 saturated heterocycles. The zero-order valence-electron chi connectivity index (χ0n) is 14.7. The molecule has 8 nitrogen and oxygen atoms in total. The lowest BCUT2D eigenvalue weighted by Crippen LogP contribution is -2.37. The average Bonchev–Trinajstić information content (AvgIpc) is 2.57. The summed E-state index contributed by atoms with van der Waals surface area (Å²) in [5.41, 5.74) is 0.271. The number of hydrogen-bond donors (Lipinski definition) is 3. The molecule has 1 aromatic carbocycles. The number of amides is 2. The van der Waals surface area contributed by atoms with Crippen molar-refractivity contribution in [2.45, 2.75) is 31.2 Å². The maximum absolute atomic E-state index is 12.2. The summed E-state index contributed by atoms with van der Waals surface area (Å²) < 4.78 is 31.8. The van der Waals surface area contributed by atoms with Crippen LogP contribution in [0, 0.1) is 0 Å². The number of carbonyl (C=O) groups is 2. The summed E-state index contributed by atoms with van der Waals surface area (Å²) in [5.74, 6) is -0.720. The highest BCUT2D eigenvalue weighted by molar-refractivity contribution is 7.89. The van der Waals surface area contributed by atoms with Crippen LogP contribution in [0.1, 0.15) is 30.6 Å². The Labute approximate surface area is 148 Å². The van der Waals surface area contributed by atoms with Gasteiger partial charge in [0.15, 0.2) is 0 Å². The van der Waals surface area contributed by atoms with E-state index < -0.39 is 15.9 Å². The molecule has 0 saturated carbocycles. The van der Waals surface area contributed by atoms with Gasteiger partial charge in [-0.15, -0.1) is 0 Å². The molecule has 3 N–H and O–H groups in total. The maximum Gasteiger partial charge on any atom is 0.251 e. The summed E-state index contributed by atoms with van der Waals surface area (Å²) in [7, 11) is -2.20. The Hall–Kier alpha value is -1.97. The van der Waals surface area contributed by atoms with E-state index in [4.69, 9.17) is 4.74 Å². The summed E-state index contributed by atoms with van der Waals surface area (Å²) >= 11 is 0. The Morgan fingerprint density at radius 2 is 1.80 bits per heavy atom. The fourth-order valence-corrected chi connectivity index (χ4v) is 3.22. The van der Waals surface area contributed by atoms with Gasteiger partial charge in [-0.2, -0.15) is 0 Å². The van der Waals surface area contributed by atoms with Gasteiger partial charge in [0.1, 0.15) is 0 Å². The van der Waals surface area contributed by atoms with Gasteiger partial charge < -0.3 is 15.4 Å². The van der Waals surface area contributed by atoms with Crippen molar-refractivity contribution in [1.29, 1.82) is 0 Å². The van der Waals surface area contributed by atoms with E-state index in [0.717, 1.165) is 6.42 Å². The van der Waals surface area contributed by atoms with Crippen LogP contribution in [0.2, 0.25) is 0 Å². The number of methoxy groups -OCH3 is 1. The van der Waals surface area contributed by atoms with Crippen molar-refractivity contribution in [3.05, 3.63) is 29.8 Å². The van der Waals surface area contributed by atoms with Gasteiger partial charge in [0.25, 0.3) is 5.91 Å². The highest BCUT2D eigenvalue weighted by Gasteiger charge is 2.18. The minimum Gasteiger partial charge on any atom is -0.383 e.